The Bertz CT molecular complexity index is 1360. The van der Waals surface area contributed by atoms with Gasteiger partial charge in [-0.3, -0.25) is 9.78 Å². The Morgan fingerprint density at radius 2 is 1.67 bits per heavy atom. The molecule has 0 radical (unpaired) electrons. The molecule has 3 heterocycles. The molecule has 36 heavy (non-hydrogen) atoms. The molecule has 0 aliphatic carbocycles. The van der Waals surface area contributed by atoms with Crippen LogP contribution in [0.15, 0.2) is 65.8 Å². The second-order valence-electron chi connectivity index (χ2n) is 9.39. The number of piperidine rings is 1. The average molecular weight is 529 g/mol. The maximum absolute atomic E-state index is 13.3. The number of rotatable bonds is 6. The molecule has 10 heteroatoms. The lowest BCUT2D eigenvalue weighted by atomic mass is 9.90. The highest BCUT2D eigenvalue weighted by Gasteiger charge is 2.40. The number of ether oxygens (including phenoxy) is 1. The maximum Gasteiger partial charge on any atom is 0.243 e. The third-order valence-corrected chi connectivity index (χ3v) is 9.39. The fourth-order valence-corrected chi connectivity index (χ4v) is 6.66. The van der Waals surface area contributed by atoms with Crippen LogP contribution in [-0.4, -0.2) is 80.5 Å². The van der Waals surface area contributed by atoms with Crippen molar-refractivity contribution in [2.45, 2.75) is 23.3 Å². The highest BCUT2D eigenvalue weighted by Crippen LogP contribution is 2.31. The molecule has 1 amide bonds. The summed E-state index contributed by atoms with van der Waals surface area (Å²) < 4.78 is 33.9. The van der Waals surface area contributed by atoms with Gasteiger partial charge in [-0.25, -0.2) is 8.42 Å². The number of fused-ring (bicyclic) bond motifs is 1. The summed E-state index contributed by atoms with van der Waals surface area (Å²) in [4.78, 5) is 21.4. The maximum atomic E-state index is 13.3. The van der Waals surface area contributed by atoms with Crippen LogP contribution in [0.3, 0.4) is 0 Å². The Morgan fingerprint density at radius 1 is 0.972 bits per heavy atom. The van der Waals surface area contributed by atoms with Crippen LogP contribution in [0.1, 0.15) is 12.8 Å². The molecule has 8 nitrogen and oxygen atoms in total. The van der Waals surface area contributed by atoms with Gasteiger partial charge in [-0.1, -0.05) is 23.7 Å². The smallest absolute Gasteiger partial charge is 0.243 e. The van der Waals surface area contributed by atoms with Gasteiger partial charge < -0.3 is 14.5 Å². The summed E-state index contributed by atoms with van der Waals surface area (Å²) in [6.07, 6.45) is 5.12. The van der Waals surface area contributed by atoms with Gasteiger partial charge >= 0.3 is 0 Å². The number of hydrogen-bond donors (Lipinski definition) is 0. The molecule has 0 unspecified atom stereocenters. The minimum atomic E-state index is -3.80. The van der Waals surface area contributed by atoms with E-state index in [1.54, 1.807) is 60.8 Å². The summed E-state index contributed by atoms with van der Waals surface area (Å²) in [5.41, 5.74) is 0.682. The van der Waals surface area contributed by atoms with Crippen LogP contribution in [0, 0.1) is 0 Å². The lowest BCUT2D eigenvalue weighted by molar-refractivity contribution is -0.140. The summed E-state index contributed by atoms with van der Waals surface area (Å²) in [5.74, 6) is -0.203. The molecule has 0 spiro atoms. The molecule has 2 saturated heterocycles. The molecule has 0 saturated carbocycles. The Kier molecular flexibility index (Phi) is 6.91. The van der Waals surface area contributed by atoms with Crippen molar-refractivity contribution in [1.82, 2.24) is 14.2 Å². The van der Waals surface area contributed by atoms with E-state index in [1.165, 1.54) is 4.31 Å². The van der Waals surface area contributed by atoms with Gasteiger partial charge in [0.25, 0.3) is 0 Å². The van der Waals surface area contributed by atoms with Gasteiger partial charge in [0.15, 0.2) is 0 Å². The highest BCUT2D eigenvalue weighted by atomic mass is 35.5. The Balaban J connectivity index is 1.24. The fraction of sp³-hybridized carbons (Fsp3) is 0.385. The van der Waals surface area contributed by atoms with Gasteiger partial charge in [-0.2, -0.15) is 4.31 Å². The van der Waals surface area contributed by atoms with Crippen molar-refractivity contribution >= 4 is 44.0 Å². The van der Waals surface area contributed by atoms with Gasteiger partial charge in [-0.05, 0) is 60.0 Å². The van der Waals surface area contributed by atoms with E-state index in [0.29, 0.717) is 18.1 Å². The van der Waals surface area contributed by atoms with E-state index in [9.17, 15) is 13.2 Å². The molecule has 2 aromatic carbocycles. The molecule has 2 aliphatic heterocycles. The minimum absolute atomic E-state index is 0.176. The molecule has 190 valence electrons. The number of piperazine rings is 1. The third kappa shape index (κ3) is 4.93. The van der Waals surface area contributed by atoms with Gasteiger partial charge in [0, 0.05) is 62.9 Å². The molecule has 2 aliphatic rings. The second kappa shape index (κ2) is 9.97. The van der Waals surface area contributed by atoms with Crippen LogP contribution >= 0.6 is 11.6 Å². The molecule has 3 aromatic rings. The molecule has 1 aromatic heterocycles. The molecule has 2 fully saturated rings. The van der Waals surface area contributed by atoms with Crippen molar-refractivity contribution in [2.24, 2.45) is 0 Å². The first-order valence-corrected chi connectivity index (χ1v) is 13.8. The summed E-state index contributed by atoms with van der Waals surface area (Å²) in [6, 6.07) is 14.3. The van der Waals surface area contributed by atoms with Crippen molar-refractivity contribution in [1.29, 1.82) is 0 Å². The van der Waals surface area contributed by atoms with E-state index < -0.39 is 15.6 Å². The van der Waals surface area contributed by atoms with Crippen LogP contribution in [0.2, 0.25) is 5.02 Å². The van der Waals surface area contributed by atoms with E-state index in [0.717, 1.165) is 42.4 Å². The molecule has 5 rings (SSSR count). The quantitative estimate of drug-likeness (QED) is 0.487. The topological polar surface area (TPSA) is 83.0 Å². The Labute approximate surface area is 216 Å². The highest BCUT2D eigenvalue weighted by molar-refractivity contribution is 7.89. The predicted octanol–water partition coefficient (Wildman–Crippen LogP) is 3.41. The lowest BCUT2D eigenvalue weighted by Gasteiger charge is -2.45. The van der Waals surface area contributed by atoms with E-state index >= 15 is 0 Å². The van der Waals surface area contributed by atoms with Crippen molar-refractivity contribution in [3.05, 3.63) is 65.9 Å². The number of halogens is 1. The summed E-state index contributed by atoms with van der Waals surface area (Å²) in [5, 5.41) is 2.24. The van der Waals surface area contributed by atoms with Gasteiger partial charge in [0.1, 0.15) is 0 Å². The predicted molar refractivity (Wildman–Crippen MR) is 140 cm³/mol. The number of hydrogen-bond acceptors (Lipinski definition) is 6. The molecule has 0 bridgehead atoms. The van der Waals surface area contributed by atoms with E-state index in [2.05, 4.69) is 9.88 Å². The molecule has 0 atom stereocenters. The lowest BCUT2D eigenvalue weighted by Crippen LogP contribution is -2.58. The largest absolute Gasteiger partial charge is 0.376 e. The molecular formula is C26H29ClN4O4S. The zero-order valence-corrected chi connectivity index (χ0v) is 21.7. The zero-order chi connectivity index (χ0) is 25.3. The third-order valence-electron chi connectivity index (χ3n) is 7.31. The normalized spacial score (nSPS) is 19.1. The first kappa shape index (κ1) is 25.0. The molecule has 0 N–H and O–H groups in total. The fourth-order valence-electron chi connectivity index (χ4n) is 5.07. The number of methoxy groups -OCH3 is 1. The Morgan fingerprint density at radius 3 is 2.36 bits per heavy atom. The number of carbonyl (C=O) groups is 1. The zero-order valence-electron chi connectivity index (χ0n) is 20.1. The average Bonchev–Trinajstić information content (AvgIpc) is 2.90. The van der Waals surface area contributed by atoms with E-state index in [1.807, 2.05) is 12.1 Å². The van der Waals surface area contributed by atoms with Crippen LogP contribution < -0.4 is 4.90 Å². The van der Waals surface area contributed by atoms with Gasteiger partial charge in [0.2, 0.25) is 15.9 Å². The van der Waals surface area contributed by atoms with Gasteiger partial charge in [-0.15, -0.1) is 0 Å². The number of pyridine rings is 1. The van der Waals surface area contributed by atoms with Gasteiger partial charge in [0.05, 0.1) is 17.0 Å². The molecular weight excluding hydrogens is 500 g/mol. The summed E-state index contributed by atoms with van der Waals surface area (Å²) >= 11 is 6.04. The number of nitrogens with zero attached hydrogens (tertiary/aromatic N) is 4. The first-order chi connectivity index (χ1) is 17.3. The van der Waals surface area contributed by atoms with E-state index in [-0.39, 0.29) is 23.9 Å². The summed E-state index contributed by atoms with van der Waals surface area (Å²) in [7, 11) is -2.11. The minimum Gasteiger partial charge on any atom is -0.376 e. The van der Waals surface area contributed by atoms with E-state index in [4.69, 9.17) is 16.3 Å². The van der Waals surface area contributed by atoms with Crippen molar-refractivity contribution in [3.8, 4) is 0 Å². The SMILES string of the molecule is COC1(CN2CCN(S(=O)(=O)c3ccc4cc(Cl)ccc4c3)CC2=O)CCN(c2ccncc2)CC1. The number of amides is 1. The van der Waals surface area contributed by atoms with Crippen LogP contribution in [0.4, 0.5) is 5.69 Å². The van der Waals surface area contributed by atoms with Crippen LogP contribution in [-0.2, 0) is 19.6 Å². The number of sulfonamides is 1. The first-order valence-electron chi connectivity index (χ1n) is 12.0. The summed E-state index contributed by atoms with van der Waals surface area (Å²) in [6.45, 7) is 2.48. The standard InChI is InChI=1S/C26H29ClN4O4S/c1-35-26(8-12-29(13-9-26)23-6-10-28-11-7-23)19-30-14-15-31(18-25(30)32)36(33,34)24-5-3-20-16-22(27)4-2-21(20)17-24/h2-7,10-11,16-17H,8-9,12-15,18-19H2,1H3. The van der Waals surface area contributed by atoms with Crippen molar-refractivity contribution in [3.63, 3.8) is 0 Å². The monoisotopic (exact) mass is 528 g/mol. The van der Waals surface area contributed by atoms with Crippen LogP contribution in [0.25, 0.3) is 10.8 Å². The Hall–Kier alpha value is -2.72. The number of benzene rings is 2. The number of aromatic nitrogens is 1. The van der Waals surface area contributed by atoms with Crippen molar-refractivity contribution < 1.29 is 17.9 Å². The van der Waals surface area contributed by atoms with Crippen molar-refractivity contribution in [2.75, 3.05) is 51.3 Å². The second-order valence-corrected chi connectivity index (χ2v) is 11.8. The van der Waals surface area contributed by atoms with Crippen LogP contribution in [0.5, 0.6) is 0 Å². The number of carbonyl (C=O) groups excluding carboxylic acids is 1. The number of anilines is 1.